The van der Waals surface area contributed by atoms with E-state index in [1.807, 2.05) is 31.2 Å². The highest BCUT2D eigenvalue weighted by Gasteiger charge is 2.16. The molecule has 0 aliphatic carbocycles. The molecule has 1 atom stereocenters. The molecule has 1 aromatic carbocycles. The van der Waals surface area contributed by atoms with Crippen LogP contribution in [-0.4, -0.2) is 21.1 Å². The van der Waals surface area contributed by atoms with Crippen molar-refractivity contribution in [2.24, 2.45) is 5.73 Å². The molecule has 0 unspecified atom stereocenters. The molecule has 0 amide bonds. The molecule has 2 heterocycles. The number of hydrogen-bond donors (Lipinski definition) is 1. The van der Waals surface area contributed by atoms with Gasteiger partial charge in [0, 0.05) is 6.20 Å². The van der Waals surface area contributed by atoms with Crippen LogP contribution < -0.4 is 16.0 Å². The van der Waals surface area contributed by atoms with Gasteiger partial charge < -0.3 is 10.5 Å². The Morgan fingerprint density at radius 2 is 2.00 bits per heavy atom. The van der Waals surface area contributed by atoms with Crippen molar-refractivity contribution in [1.82, 2.24) is 14.5 Å². The van der Waals surface area contributed by atoms with Gasteiger partial charge in [-0.3, -0.25) is 9.36 Å². The quantitative estimate of drug-likeness (QED) is 0.798. The van der Waals surface area contributed by atoms with Crippen molar-refractivity contribution < 1.29 is 4.74 Å². The molecule has 0 fully saturated rings. The molecule has 6 heteroatoms. The van der Waals surface area contributed by atoms with Gasteiger partial charge in [0.15, 0.2) is 5.65 Å². The maximum absolute atomic E-state index is 12.9. The van der Waals surface area contributed by atoms with Gasteiger partial charge in [-0.15, -0.1) is 0 Å². The van der Waals surface area contributed by atoms with Crippen molar-refractivity contribution in [2.45, 2.75) is 19.9 Å². The monoisotopic (exact) mass is 310 g/mol. The summed E-state index contributed by atoms with van der Waals surface area (Å²) in [6.45, 7) is 4.31. The van der Waals surface area contributed by atoms with Gasteiger partial charge in [0.25, 0.3) is 5.56 Å². The first kappa shape index (κ1) is 15.2. The summed E-state index contributed by atoms with van der Waals surface area (Å²) in [6, 6.07) is 10.3. The Morgan fingerprint density at radius 3 is 2.65 bits per heavy atom. The lowest BCUT2D eigenvalue weighted by Crippen LogP contribution is -2.27. The fourth-order valence-electron chi connectivity index (χ4n) is 2.45. The number of hydrogen-bond acceptors (Lipinski definition) is 5. The lowest BCUT2D eigenvalue weighted by Gasteiger charge is -2.15. The van der Waals surface area contributed by atoms with Crippen molar-refractivity contribution in [3.05, 3.63) is 58.8 Å². The van der Waals surface area contributed by atoms with Crippen LogP contribution >= 0.6 is 0 Å². The molecule has 118 valence electrons. The van der Waals surface area contributed by atoms with E-state index in [-0.39, 0.29) is 5.56 Å². The molecule has 6 nitrogen and oxygen atoms in total. The molecule has 3 rings (SSSR count). The third-order valence-electron chi connectivity index (χ3n) is 3.48. The standard InChI is InChI=1S/C17H18N4O2/c1-3-23-13-8-6-12(7-9-13)21-16(11(2)18)20-15-14(17(21)22)5-4-10-19-15/h4-11H,3,18H2,1-2H3/t11-/m1/s1. The highest BCUT2D eigenvalue weighted by atomic mass is 16.5. The second-order valence-corrected chi connectivity index (χ2v) is 5.20. The van der Waals surface area contributed by atoms with Crippen LogP contribution in [0.5, 0.6) is 5.75 Å². The number of pyridine rings is 1. The van der Waals surface area contributed by atoms with E-state index in [0.29, 0.717) is 29.2 Å². The van der Waals surface area contributed by atoms with Gasteiger partial charge in [0.2, 0.25) is 0 Å². The van der Waals surface area contributed by atoms with Crippen molar-refractivity contribution in [2.75, 3.05) is 6.61 Å². The lowest BCUT2D eigenvalue weighted by atomic mass is 10.2. The van der Waals surface area contributed by atoms with E-state index in [0.717, 1.165) is 5.75 Å². The number of nitrogens with two attached hydrogens (primary N) is 1. The van der Waals surface area contributed by atoms with Crippen molar-refractivity contribution in [1.29, 1.82) is 0 Å². The molecule has 23 heavy (non-hydrogen) atoms. The number of nitrogens with zero attached hydrogens (tertiary/aromatic N) is 3. The maximum atomic E-state index is 12.9. The van der Waals surface area contributed by atoms with Crippen LogP contribution in [0, 0.1) is 0 Å². The molecule has 0 saturated carbocycles. The third kappa shape index (κ3) is 2.80. The van der Waals surface area contributed by atoms with Crippen LogP contribution in [0.15, 0.2) is 47.4 Å². The zero-order chi connectivity index (χ0) is 16.4. The Labute approximate surface area is 133 Å². The molecule has 0 aliphatic heterocycles. The highest BCUT2D eigenvalue weighted by Crippen LogP contribution is 2.18. The molecule has 0 spiro atoms. The largest absolute Gasteiger partial charge is 0.494 e. The van der Waals surface area contributed by atoms with E-state index >= 15 is 0 Å². The van der Waals surface area contributed by atoms with E-state index in [1.54, 1.807) is 25.3 Å². The summed E-state index contributed by atoms with van der Waals surface area (Å²) in [5, 5.41) is 0.464. The molecule has 0 bridgehead atoms. The van der Waals surface area contributed by atoms with Crippen LogP contribution in [0.1, 0.15) is 25.7 Å². The van der Waals surface area contributed by atoms with Crippen LogP contribution in [0.3, 0.4) is 0 Å². The predicted molar refractivity (Wildman–Crippen MR) is 88.9 cm³/mol. The molecule has 3 aromatic rings. The third-order valence-corrected chi connectivity index (χ3v) is 3.48. The zero-order valence-electron chi connectivity index (χ0n) is 13.1. The summed E-state index contributed by atoms with van der Waals surface area (Å²) in [4.78, 5) is 21.5. The second-order valence-electron chi connectivity index (χ2n) is 5.20. The number of aromatic nitrogens is 3. The molecule has 0 saturated heterocycles. The van der Waals surface area contributed by atoms with Gasteiger partial charge >= 0.3 is 0 Å². The molecule has 0 radical (unpaired) electrons. The predicted octanol–water partition coefficient (Wildman–Crippen LogP) is 2.20. The molecular formula is C17H18N4O2. The van der Waals surface area contributed by atoms with Gasteiger partial charge in [-0.25, -0.2) is 9.97 Å². The molecule has 0 aliphatic rings. The zero-order valence-corrected chi connectivity index (χ0v) is 13.1. The number of benzene rings is 1. The smallest absolute Gasteiger partial charge is 0.267 e. The minimum Gasteiger partial charge on any atom is -0.494 e. The van der Waals surface area contributed by atoms with E-state index in [2.05, 4.69) is 9.97 Å². The second kappa shape index (κ2) is 6.18. The number of ether oxygens (including phenoxy) is 1. The summed E-state index contributed by atoms with van der Waals surface area (Å²) in [7, 11) is 0. The Kier molecular flexibility index (Phi) is 4.08. The van der Waals surface area contributed by atoms with Crippen LogP contribution in [0.25, 0.3) is 16.7 Å². The van der Waals surface area contributed by atoms with Gasteiger partial charge in [-0.05, 0) is 50.2 Å². The topological polar surface area (TPSA) is 83.0 Å². The summed E-state index contributed by atoms with van der Waals surface area (Å²) >= 11 is 0. The Morgan fingerprint density at radius 1 is 1.26 bits per heavy atom. The van der Waals surface area contributed by atoms with Gasteiger partial charge in [-0.2, -0.15) is 0 Å². The van der Waals surface area contributed by atoms with Crippen molar-refractivity contribution in [3.8, 4) is 11.4 Å². The average molecular weight is 310 g/mol. The van der Waals surface area contributed by atoms with Gasteiger partial charge in [-0.1, -0.05) is 0 Å². The normalized spacial score (nSPS) is 12.3. The first-order valence-corrected chi connectivity index (χ1v) is 7.48. The fourth-order valence-corrected chi connectivity index (χ4v) is 2.45. The van der Waals surface area contributed by atoms with Crippen LogP contribution in [-0.2, 0) is 0 Å². The van der Waals surface area contributed by atoms with Crippen molar-refractivity contribution >= 4 is 11.0 Å². The summed E-state index contributed by atoms with van der Waals surface area (Å²) < 4.78 is 6.97. The summed E-state index contributed by atoms with van der Waals surface area (Å²) in [6.07, 6.45) is 1.61. The van der Waals surface area contributed by atoms with Crippen LogP contribution in [0.2, 0.25) is 0 Å². The summed E-state index contributed by atoms with van der Waals surface area (Å²) in [5.74, 6) is 1.23. The molecule has 2 N–H and O–H groups in total. The minimum atomic E-state index is -0.402. The maximum Gasteiger partial charge on any atom is 0.267 e. The first-order valence-electron chi connectivity index (χ1n) is 7.48. The Balaban J connectivity index is 2.24. The SMILES string of the molecule is CCOc1ccc(-n2c([C@@H](C)N)nc3ncccc3c2=O)cc1. The van der Waals surface area contributed by atoms with Gasteiger partial charge in [0.05, 0.1) is 23.7 Å². The minimum absolute atomic E-state index is 0.181. The van der Waals surface area contributed by atoms with E-state index in [4.69, 9.17) is 10.5 Å². The summed E-state index contributed by atoms with van der Waals surface area (Å²) in [5.41, 5.74) is 6.94. The molecular weight excluding hydrogens is 292 g/mol. The average Bonchev–Trinajstić information content (AvgIpc) is 2.56. The van der Waals surface area contributed by atoms with E-state index in [1.165, 1.54) is 4.57 Å². The number of rotatable bonds is 4. The van der Waals surface area contributed by atoms with Gasteiger partial charge in [0.1, 0.15) is 11.6 Å². The highest BCUT2D eigenvalue weighted by molar-refractivity contribution is 5.73. The first-order chi connectivity index (χ1) is 11.1. The van der Waals surface area contributed by atoms with E-state index in [9.17, 15) is 4.79 Å². The lowest BCUT2D eigenvalue weighted by molar-refractivity contribution is 0.340. The Bertz CT molecular complexity index is 885. The van der Waals surface area contributed by atoms with Crippen molar-refractivity contribution in [3.63, 3.8) is 0 Å². The molecule has 2 aromatic heterocycles. The van der Waals surface area contributed by atoms with Crippen LogP contribution in [0.4, 0.5) is 0 Å². The Hall–Kier alpha value is -2.73. The fraction of sp³-hybridized carbons (Fsp3) is 0.235. The van der Waals surface area contributed by atoms with E-state index < -0.39 is 6.04 Å². The number of fused-ring (bicyclic) bond motifs is 1.